The molecule has 1 fully saturated rings. The highest BCUT2D eigenvalue weighted by molar-refractivity contribution is 7.19. The number of anilines is 2. The lowest BCUT2D eigenvalue weighted by Crippen LogP contribution is -2.35. The molecule has 0 amide bonds. The minimum absolute atomic E-state index is 0.0961. The Labute approximate surface area is 93.7 Å². The van der Waals surface area contributed by atoms with E-state index < -0.39 is 0 Å². The van der Waals surface area contributed by atoms with E-state index in [9.17, 15) is 5.11 Å². The zero-order chi connectivity index (χ0) is 10.8. The van der Waals surface area contributed by atoms with Gasteiger partial charge < -0.3 is 15.7 Å². The number of aliphatic hydroxyl groups is 1. The van der Waals surface area contributed by atoms with Gasteiger partial charge in [0.05, 0.1) is 12.3 Å². The van der Waals surface area contributed by atoms with Gasteiger partial charge in [0.1, 0.15) is 5.00 Å². The summed E-state index contributed by atoms with van der Waals surface area (Å²) >= 11 is 1.52. The Bertz CT molecular complexity index is 320. The molecule has 0 radical (unpaired) electrons. The Balaban J connectivity index is 1.99. The largest absolute Gasteiger partial charge is 0.393 e. The van der Waals surface area contributed by atoms with Gasteiger partial charge >= 0.3 is 0 Å². The molecule has 1 aromatic rings. The molecule has 84 valence electrons. The van der Waals surface area contributed by atoms with Crippen molar-refractivity contribution in [2.24, 2.45) is 0 Å². The van der Waals surface area contributed by atoms with Crippen molar-refractivity contribution in [1.82, 2.24) is 4.98 Å². The molecule has 0 aliphatic heterocycles. The van der Waals surface area contributed by atoms with Gasteiger partial charge in [0, 0.05) is 13.1 Å². The van der Waals surface area contributed by atoms with Crippen LogP contribution in [-0.2, 0) is 0 Å². The highest BCUT2D eigenvalue weighted by Gasteiger charge is 2.23. The minimum atomic E-state index is -0.0961. The van der Waals surface area contributed by atoms with Gasteiger partial charge in [-0.2, -0.15) is 0 Å². The van der Waals surface area contributed by atoms with Crippen LogP contribution in [0.3, 0.4) is 0 Å². The zero-order valence-corrected chi connectivity index (χ0v) is 9.70. The van der Waals surface area contributed by atoms with Crippen molar-refractivity contribution in [3.8, 4) is 0 Å². The van der Waals surface area contributed by atoms with Crippen LogP contribution >= 0.6 is 11.3 Å². The van der Waals surface area contributed by atoms with Gasteiger partial charge in [0.15, 0.2) is 5.13 Å². The predicted molar refractivity (Wildman–Crippen MR) is 63.2 cm³/mol. The first kappa shape index (κ1) is 10.7. The molecule has 5 heteroatoms. The van der Waals surface area contributed by atoms with E-state index >= 15 is 0 Å². The average Bonchev–Trinajstić information content (AvgIpc) is 2.65. The van der Waals surface area contributed by atoms with E-state index in [2.05, 4.69) is 16.9 Å². The number of aliphatic hydroxyl groups excluding tert-OH is 1. The van der Waals surface area contributed by atoms with E-state index in [0.29, 0.717) is 11.2 Å². The summed E-state index contributed by atoms with van der Waals surface area (Å²) < 4.78 is 0. The maximum absolute atomic E-state index is 9.44. The van der Waals surface area contributed by atoms with Crippen LogP contribution < -0.4 is 10.6 Å². The lowest BCUT2D eigenvalue weighted by atomic mass is 9.92. The van der Waals surface area contributed by atoms with Crippen LogP contribution in [0.4, 0.5) is 10.1 Å². The first-order valence-corrected chi connectivity index (χ1v) is 6.10. The molecule has 0 atom stereocenters. The molecule has 3 N–H and O–H groups in total. The molecule has 1 aliphatic carbocycles. The topological polar surface area (TPSA) is 62.4 Å². The molecule has 0 unspecified atom stereocenters. The number of hydrogen-bond donors (Lipinski definition) is 2. The van der Waals surface area contributed by atoms with Gasteiger partial charge in [-0.3, -0.25) is 0 Å². The maximum atomic E-state index is 9.44. The van der Waals surface area contributed by atoms with Crippen molar-refractivity contribution in [2.75, 3.05) is 17.7 Å². The summed E-state index contributed by atoms with van der Waals surface area (Å²) in [6.07, 6.45) is 5.64. The minimum Gasteiger partial charge on any atom is -0.393 e. The number of rotatable bonds is 2. The van der Waals surface area contributed by atoms with Crippen molar-refractivity contribution in [3.05, 3.63) is 6.20 Å². The molecule has 2 rings (SSSR count). The molecule has 15 heavy (non-hydrogen) atoms. The smallest absolute Gasteiger partial charge is 0.181 e. The highest BCUT2D eigenvalue weighted by atomic mass is 32.1. The van der Waals surface area contributed by atoms with E-state index in [1.165, 1.54) is 11.3 Å². The Morgan fingerprint density at radius 3 is 2.67 bits per heavy atom. The van der Waals surface area contributed by atoms with E-state index in [-0.39, 0.29) is 6.10 Å². The number of hydrogen-bond acceptors (Lipinski definition) is 5. The molecular weight excluding hydrogens is 210 g/mol. The summed E-state index contributed by atoms with van der Waals surface area (Å²) in [7, 11) is 2.08. The predicted octanol–water partition coefficient (Wildman–Crippen LogP) is 1.47. The maximum Gasteiger partial charge on any atom is 0.181 e. The molecule has 1 saturated carbocycles. The van der Waals surface area contributed by atoms with E-state index in [4.69, 9.17) is 5.73 Å². The number of nitrogen functional groups attached to an aromatic ring is 1. The van der Waals surface area contributed by atoms with Crippen molar-refractivity contribution in [2.45, 2.75) is 37.8 Å². The van der Waals surface area contributed by atoms with Crippen molar-refractivity contribution in [1.29, 1.82) is 0 Å². The van der Waals surface area contributed by atoms with Crippen LogP contribution in [0.5, 0.6) is 0 Å². The number of thiazole rings is 1. The Morgan fingerprint density at radius 2 is 2.13 bits per heavy atom. The fourth-order valence-electron chi connectivity index (χ4n) is 2.07. The summed E-state index contributed by atoms with van der Waals surface area (Å²) in [6, 6.07) is 0.522. The molecule has 0 saturated heterocycles. The average molecular weight is 227 g/mol. The lowest BCUT2D eigenvalue weighted by Gasteiger charge is -2.33. The van der Waals surface area contributed by atoms with Crippen LogP contribution in [0.2, 0.25) is 0 Å². The monoisotopic (exact) mass is 227 g/mol. The first-order chi connectivity index (χ1) is 7.16. The van der Waals surface area contributed by atoms with E-state index in [0.717, 1.165) is 30.7 Å². The molecule has 1 aromatic heterocycles. The van der Waals surface area contributed by atoms with Gasteiger partial charge in [-0.25, -0.2) is 4.98 Å². The van der Waals surface area contributed by atoms with Gasteiger partial charge in [0.25, 0.3) is 0 Å². The lowest BCUT2D eigenvalue weighted by molar-refractivity contribution is 0.122. The molecule has 4 nitrogen and oxygen atoms in total. The van der Waals surface area contributed by atoms with Crippen LogP contribution in [0.1, 0.15) is 25.7 Å². The van der Waals surface area contributed by atoms with Crippen LogP contribution in [0, 0.1) is 0 Å². The van der Waals surface area contributed by atoms with Crippen molar-refractivity contribution >= 4 is 21.5 Å². The molecule has 0 bridgehead atoms. The Hall–Kier alpha value is -0.810. The fourth-order valence-corrected chi connectivity index (χ4v) is 2.79. The normalized spacial score (nSPS) is 26.5. The third-order valence-corrected chi connectivity index (χ3v) is 3.99. The van der Waals surface area contributed by atoms with Gasteiger partial charge in [-0.15, -0.1) is 0 Å². The molecule has 0 spiro atoms. The van der Waals surface area contributed by atoms with Crippen molar-refractivity contribution in [3.63, 3.8) is 0 Å². The van der Waals surface area contributed by atoms with Gasteiger partial charge in [0.2, 0.25) is 0 Å². The Morgan fingerprint density at radius 1 is 1.47 bits per heavy atom. The second kappa shape index (κ2) is 4.37. The SMILES string of the molecule is CN(c1cnc(N)s1)C1CCC(O)CC1. The summed E-state index contributed by atoms with van der Waals surface area (Å²) in [6.45, 7) is 0. The van der Waals surface area contributed by atoms with Crippen LogP contribution in [-0.4, -0.2) is 29.3 Å². The number of nitrogens with two attached hydrogens (primary N) is 1. The fraction of sp³-hybridized carbons (Fsp3) is 0.700. The number of aromatic nitrogens is 1. The van der Waals surface area contributed by atoms with Gasteiger partial charge in [-0.1, -0.05) is 11.3 Å². The summed E-state index contributed by atoms with van der Waals surface area (Å²) in [5.41, 5.74) is 5.61. The second-order valence-electron chi connectivity index (χ2n) is 4.11. The standard InChI is InChI=1S/C10H17N3OS/c1-13(9-6-12-10(11)15-9)7-2-4-8(14)5-3-7/h6-8,14H,2-5H2,1H3,(H2,11,12). The second-order valence-corrected chi connectivity index (χ2v) is 5.15. The summed E-state index contributed by atoms with van der Waals surface area (Å²) in [5.74, 6) is 0. The summed E-state index contributed by atoms with van der Waals surface area (Å²) in [4.78, 5) is 6.29. The first-order valence-electron chi connectivity index (χ1n) is 5.29. The molecule has 1 heterocycles. The van der Waals surface area contributed by atoms with Crippen molar-refractivity contribution < 1.29 is 5.11 Å². The van der Waals surface area contributed by atoms with E-state index in [1.54, 1.807) is 0 Å². The third kappa shape index (κ3) is 2.41. The highest BCUT2D eigenvalue weighted by Crippen LogP contribution is 2.30. The Kier molecular flexibility index (Phi) is 3.11. The quantitative estimate of drug-likeness (QED) is 0.803. The molecule has 0 aromatic carbocycles. The zero-order valence-electron chi connectivity index (χ0n) is 8.89. The summed E-state index contributed by atoms with van der Waals surface area (Å²) in [5, 5.41) is 11.2. The van der Waals surface area contributed by atoms with E-state index in [1.807, 2.05) is 6.20 Å². The van der Waals surface area contributed by atoms with Crippen LogP contribution in [0.25, 0.3) is 0 Å². The van der Waals surface area contributed by atoms with Crippen LogP contribution in [0.15, 0.2) is 6.20 Å². The molecule has 1 aliphatic rings. The third-order valence-electron chi connectivity index (χ3n) is 3.07. The van der Waals surface area contributed by atoms with Gasteiger partial charge in [-0.05, 0) is 25.7 Å². The molecular formula is C10H17N3OS. The number of nitrogens with zero attached hydrogens (tertiary/aromatic N) is 2.